The van der Waals surface area contributed by atoms with Crippen molar-refractivity contribution in [3.05, 3.63) is 73.4 Å². The summed E-state index contributed by atoms with van der Waals surface area (Å²) in [7, 11) is 3.50. The SMILES string of the molecule is C=CCN(CC=C)C(=O)NC(c1ccccc1OC)c1nccn1C. The van der Waals surface area contributed by atoms with Crippen molar-refractivity contribution in [3.8, 4) is 5.75 Å². The highest BCUT2D eigenvalue weighted by molar-refractivity contribution is 5.75. The van der Waals surface area contributed by atoms with Crippen molar-refractivity contribution >= 4 is 6.03 Å². The Morgan fingerprint density at radius 2 is 2.04 bits per heavy atom. The molecule has 1 unspecified atom stereocenters. The van der Waals surface area contributed by atoms with E-state index in [9.17, 15) is 4.79 Å². The van der Waals surface area contributed by atoms with Crippen molar-refractivity contribution in [2.45, 2.75) is 6.04 Å². The van der Waals surface area contributed by atoms with Crippen molar-refractivity contribution in [1.29, 1.82) is 0 Å². The highest BCUT2D eigenvalue weighted by Gasteiger charge is 2.25. The number of aryl methyl sites for hydroxylation is 1. The third kappa shape index (κ3) is 4.29. The monoisotopic (exact) mass is 340 g/mol. The molecule has 0 aliphatic heterocycles. The molecule has 1 N–H and O–H groups in total. The Balaban J connectivity index is 2.39. The number of methoxy groups -OCH3 is 1. The van der Waals surface area contributed by atoms with Gasteiger partial charge >= 0.3 is 6.03 Å². The summed E-state index contributed by atoms with van der Waals surface area (Å²) >= 11 is 0. The summed E-state index contributed by atoms with van der Waals surface area (Å²) in [6.45, 7) is 8.26. The highest BCUT2D eigenvalue weighted by atomic mass is 16.5. The van der Waals surface area contributed by atoms with Crippen molar-refractivity contribution in [2.24, 2.45) is 7.05 Å². The zero-order chi connectivity index (χ0) is 18.2. The molecule has 2 rings (SSSR count). The first kappa shape index (κ1) is 18.3. The lowest BCUT2D eigenvalue weighted by Gasteiger charge is -2.26. The van der Waals surface area contributed by atoms with Gasteiger partial charge in [0.15, 0.2) is 0 Å². The smallest absolute Gasteiger partial charge is 0.318 e. The molecule has 0 fully saturated rings. The van der Waals surface area contributed by atoms with E-state index in [-0.39, 0.29) is 6.03 Å². The highest BCUT2D eigenvalue weighted by Crippen LogP contribution is 2.29. The van der Waals surface area contributed by atoms with Gasteiger partial charge in [0.1, 0.15) is 17.6 Å². The van der Waals surface area contributed by atoms with Crippen LogP contribution in [-0.2, 0) is 7.05 Å². The van der Waals surface area contributed by atoms with E-state index in [1.54, 1.807) is 30.4 Å². The Morgan fingerprint density at radius 3 is 2.60 bits per heavy atom. The van der Waals surface area contributed by atoms with Gasteiger partial charge in [0.25, 0.3) is 0 Å². The third-order valence-corrected chi connectivity index (χ3v) is 3.82. The fourth-order valence-corrected chi connectivity index (χ4v) is 2.61. The molecule has 1 atom stereocenters. The van der Waals surface area contributed by atoms with Crippen molar-refractivity contribution in [2.75, 3.05) is 20.2 Å². The number of hydrogen-bond acceptors (Lipinski definition) is 3. The minimum Gasteiger partial charge on any atom is -0.496 e. The minimum absolute atomic E-state index is 0.223. The number of nitrogens with one attached hydrogen (secondary N) is 1. The number of hydrogen-bond donors (Lipinski definition) is 1. The second-order valence-corrected chi connectivity index (χ2v) is 5.50. The number of carbonyl (C=O) groups is 1. The Hall–Kier alpha value is -3.02. The van der Waals surface area contributed by atoms with Crippen LogP contribution in [-0.4, -0.2) is 40.7 Å². The quantitative estimate of drug-likeness (QED) is 0.752. The molecule has 6 nitrogen and oxygen atoms in total. The van der Waals surface area contributed by atoms with Gasteiger partial charge in [-0.2, -0.15) is 0 Å². The average Bonchev–Trinajstić information content (AvgIpc) is 3.05. The summed E-state index contributed by atoms with van der Waals surface area (Å²) in [5, 5.41) is 3.05. The van der Waals surface area contributed by atoms with Gasteiger partial charge in [0.2, 0.25) is 0 Å². The van der Waals surface area contributed by atoms with Gasteiger partial charge in [-0.1, -0.05) is 30.4 Å². The van der Waals surface area contributed by atoms with Crippen molar-refractivity contribution < 1.29 is 9.53 Å². The molecule has 132 valence electrons. The normalized spacial score (nSPS) is 11.4. The summed E-state index contributed by atoms with van der Waals surface area (Å²) in [4.78, 5) is 18.8. The van der Waals surface area contributed by atoms with Gasteiger partial charge in [0, 0.05) is 38.1 Å². The van der Waals surface area contributed by atoms with Crippen LogP contribution in [0.4, 0.5) is 4.79 Å². The van der Waals surface area contributed by atoms with E-state index in [1.165, 1.54) is 0 Å². The first-order valence-corrected chi connectivity index (χ1v) is 7.99. The van der Waals surface area contributed by atoms with Crippen LogP contribution >= 0.6 is 0 Å². The maximum Gasteiger partial charge on any atom is 0.318 e. The summed E-state index contributed by atoms with van der Waals surface area (Å²) in [5.41, 5.74) is 0.838. The molecule has 0 saturated heterocycles. The van der Waals surface area contributed by atoms with E-state index < -0.39 is 6.04 Å². The zero-order valence-electron chi connectivity index (χ0n) is 14.7. The molecule has 0 aliphatic carbocycles. The summed E-state index contributed by atoms with van der Waals surface area (Å²) < 4.78 is 7.34. The molecule has 2 aromatic rings. The third-order valence-electron chi connectivity index (χ3n) is 3.82. The van der Waals surface area contributed by atoms with Crippen molar-refractivity contribution in [3.63, 3.8) is 0 Å². The molecule has 0 spiro atoms. The second kappa shape index (κ2) is 8.73. The van der Waals surface area contributed by atoms with Gasteiger partial charge in [0.05, 0.1) is 7.11 Å². The van der Waals surface area contributed by atoms with E-state index in [2.05, 4.69) is 23.5 Å². The topological polar surface area (TPSA) is 59.4 Å². The Bertz CT molecular complexity index is 729. The average molecular weight is 340 g/mol. The Labute approximate surface area is 148 Å². The van der Waals surface area contributed by atoms with Gasteiger partial charge in [-0.25, -0.2) is 9.78 Å². The first-order chi connectivity index (χ1) is 12.1. The second-order valence-electron chi connectivity index (χ2n) is 5.50. The van der Waals surface area contributed by atoms with Gasteiger partial charge in [-0.05, 0) is 6.07 Å². The molecule has 2 amide bonds. The van der Waals surface area contributed by atoms with Crippen LogP contribution in [0.3, 0.4) is 0 Å². The van der Waals surface area contributed by atoms with E-state index in [0.717, 1.165) is 11.4 Å². The number of rotatable bonds is 8. The molecule has 25 heavy (non-hydrogen) atoms. The molecule has 0 saturated carbocycles. The van der Waals surface area contributed by atoms with Crippen molar-refractivity contribution in [1.82, 2.24) is 19.8 Å². The fourth-order valence-electron chi connectivity index (χ4n) is 2.61. The minimum atomic E-state index is -0.444. The lowest BCUT2D eigenvalue weighted by Crippen LogP contribution is -2.42. The number of imidazole rings is 1. The van der Waals surface area contributed by atoms with Gasteiger partial charge in [-0.15, -0.1) is 13.2 Å². The lowest BCUT2D eigenvalue weighted by atomic mass is 10.0. The number of ether oxygens (including phenoxy) is 1. The summed E-state index contributed by atoms with van der Waals surface area (Å²) in [6, 6.07) is 6.92. The van der Waals surface area contributed by atoms with E-state index in [4.69, 9.17) is 4.74 Å². The van der Waals surface area contributed by atoms with Crippen LogP contribution < -0.4 is 10.1 Å². The molecule has 1 aromatic carbocycles. The molecular formula is C19H24N4O2. The number of urea groups is 1. The number of para-hydroxylation sites is 1. The number of carbonyl (C=O) groups excluding carboxylic acids is 1. The first-order valence-electron chi connectivity index (χ1n) is 7.99. The standard InChI is InChI=1S/C19H24N4O2/c1-5-12-23(13-6-2)19(24)21-17(18-20-11-14-22(18)3)15-9-7-8-10-16(15)25-4/h5-11,14,17H,1-2,12-13H2,3-4H3,(H,21,24). The van der Waals surface area contributed by atoms with Gasteiger partial charge in [-0.3, -0.25) is 0 Å². The molecule has 0 radical (unpaired) electrons. The largest absolute Gasteiger partial charge is 0.496 e. The van der Waals surface area contributed by atoms with Gasteiger partial charge < -0.3 is 19.5 Å². The number of amides is 2. The maximum absolute atomic E-state index is 12.8. The van der Waals surface area contributed by atoms with Crippen LogP contribution in [0.5, 0.6) is 5.75 Å². The molecule has 0 bridgehead atoms. The lowest BCUT2D eigenvalue weighted by molar-refractivity contribution is 0.205. The summed E-state index contributed by atoms with van der Waals surface area (Å²) in [6.07, 6.45) is 6.91. The Morgan fingerprint density at radius 1 is 1.36 bits per heavy atom. The number of aromatic nitrogens is 2. The zero-order valence-corrected chi connectivity index (χ0v) is 14.7. The molecular weight excluding hydrogens is 316 g/mol. The molecule has 1 heterocycles. The van der Waals surface area contributed by atoms with Crippen LogP contribution in [0.2, 0.25) is 0 Å². The predicted octanol–water partition coefficient (Wildman–Crippen LogP) is 2.90. The Kier molecular flexibility index (Phi) is 6.39. The fraction of sp³-hybridized carbons (Fsp3) is 0.263. The van der Waals surface area contributed by atoms with E-state index in [1.807, 2.05) is 42.1 Å². The van der Waals surface area contributed by atoms with Crippen LogP contribution in [0.25, 0.3) is 0 Å². The molecule has 6 heteroatoms. The summed E-state index contributed by atoms with van der Waals surface area (Å²) in [5.74, 6) is 1.41. The maximum atomic E-state index is 12.8. The number of nitrogens with zero attached hydrogens (tertiary/aromatic N) is 3. The molecule has 1 aromatic heterocycles. The predicted molar refractivity (Wildman–Crippen MR) is 98.5 cm³/mol. The van der Waals surface area contributed by atoms with Crippen LogP contribution in [0.1, 0.15) is 17.4 Å². The van der Waals surface area contributed by atoms with E-state index >= 15 is 0 Å². The van der Waals surface area contributed by atoms with Crippen LogP contribution in [0.15, 0.2) is 62.0 Å². The van der Waals surface area contributed by atoms with E-state index in [0.29, 0.717) is 18.8 Å². The number of benzene rings is 1. The molecule has 0 aliphatic rings. The van der Waals surface area contributed by atoms with Crippen LogP contribution in [0, 0.1) is 0 Å².